The fourth-order valence-electron chi connectivity index (χ4n) is 4.67. The Morgan fingerprint density at radius 2 is 1.76 bits per heavy atom. The molecule has 1 aliphatic rings. The Morgan fingerprint density at radius 3 is 2.45 bits per heavy atom. The number of aromatic nitrogens is 4. The highest BCUT2D eigenvalue weighted by molar-refractivity contribution is 7.19. The number of aryl methyl sites for hydroxylation is 1. The van der Waals surface area contributed by atoms with E-state index in [-0.39, 0.29) is 5.69 Å². The Hall–Kier alpha value is -3.49. The number of ether oxygens (including phenoxy) is 1. The molecule has 0 aliphatic carbocycles. The summed E-state index contributed by atoms with van der Waals surface area (Å²) in [4.78, 5) is 22.4. The SMILES string of the molecule is COc1ccc(Cn2c(=O)n3ncnc3c3c(C)c(CN4Cc5ccccc5C4)sc32)cc1. The molecule has 0 atom stereocenters. The van der Waals surface area contributed by atoms with Crippen LogP contribution in [0.5, 0.6) is 5.75 Å². The highest BCUT2D eigenvalue weighted by Crippen LogP contribution is 2.35. The maximum Gasteiger partial charge on any atom is 0.352 e. The van der Waals surface area contributed by atoms with Crippen molar-refractivity contribution in [2.75, 3.05) is 7.11 Å². The number of thiophene rings is 1. The lowest BCUT2D eigenvalue weighted by Crippen LogP contribution is -2.27. The highest BCUT2D eigenvalue weighted by atomic mass is 32.1. The van der Waals surface area contributed by atoms with Crippen LogP contribution in [-0.4, -0.2) is 31.2 Å². The molecule has 0 N–H and O–H groups in total. The van der Waals surface area contributed by atoms with Crippen molar-refractivity contribution >= 4 is 27.2 Å². The summed E-state index contributed by atoms with van der Waals surface area (Å²) in [5.41, 5.74) is 5.45. The zero-order valence-corrected chi connectivity index (χ0v) is 19.3. The van der Waals surface area contributed by atoms with Gasteiger partial charge in [-0.05, 0) is 41.3 Å². The van der Waals surface area contributed by atoms with Crippen molar-refractivity contribution in [2.45, 2.75) is 33.1 Å². The Bertz CT molecular complexity index is 1520. The molecule has 1 aliphatic heterocycles. The van der Waals surface area contributed by atoms with Gasteiger partial charge in [0.1, 0.15) is 16.9 Å². The minimum atomic E-state index is -0.174. The second-order valence-electron chi connectivity index (χ2n) is 8.46. The molecule has 3 aromatic heterocycles. The first-order valence-electron chi connectivity index (χ1n) is 10.9. The third kappa shape index (κ3) is 3.34. The van der Waals surface area contributed by atoms with Crippen molar-refractivity contribution in [3.8, 4) is 5.75 Å². The van der Waals surface area contributed by atoms with Crippen molar-refractivity contribution in [1.82, 2.24) is 24.1 Å². The summed E-state index contributed by atoms with van der Waals surface area (Å²) >= 11 is 1.69. The van der Waals surface area contributed by atoms with Crippen LogP contribution < -0.4 is 10.4 Å². The molecule has 2 aromatic carbocycles. The Morgan fingerprint density at radius 1 is 1.03 bits per heavy atom. The van der Waals surface area contributed by atoms with Gasteiger partial charge < -0.3 is 4.74 Å². The smallest absolute Gasteiger partial charge is 0.352 e. The summed E-state index contributed by atoms with van der Waals surface area (Å²) in [5, 5.41) is 5.24. The van der Waals surface area contributed by atoms with Crippen LogP contribution in [0.1, 0.15) is 27.1 Å². The van der Waals surface area contributed by atoms with E-state index in [9.17, 15) is 4.79 Å². The predicted octanol–water partition coefficient (Wildman–Crippen LogP) is 3.99. The minimum Gasteiger partial charge on any atom is -0.497 e. The summed E-state index contributed by atoms with van der Waals surface area (Å²) in [6, 6.07) is 16.4. The molecule has 0 fully saturated rings. The van der Waals surface area contributed by atoms with E-state index in [0.717, 1.165) is 41.2 Å². The van der Waals surface area contributed by atoms with Gasteiger partial charge >= 0.3 is 5.69 Å². The second-order valence-corrected chi connectivity index (χ2v) is 9.54. The van der Waals surface area contributed by atoms with Gasteiger partial charge in [0.15, 0.2) is 5.65 Å². The van der Waals surface area contributed by atoms with E-state index in [4.69, 9.17) is 4.74 Å². The van der Waals surface area contributed by atoms with Crippen LogP contribution in [0.3, 0.4) is 0 Å². The summed E-state index contributed by atoms with van der Waals surface area (Å²) in [6.45, 7) is 5.33. The lowest BCUT2D eigenvalue weighted by molar-refractivity contribution is 0.277. The average molecular weight is 458 g/mol. The minimum absolute atomic E-state index is 0.174. The van der Waals surface area contributed by atoms with E-state index in [0.29, 0.717) is 12.2 Å². The molecule has 166 valence electrons. The van der Waals surface area contributed by atoms with E-state index >= 15 is 0 Å². The van der Waals surface area contributed by atoms with Gasteiger partial charge in [-0.15, -0.1) is 11.3 Å². The van der Waals surface area contributed by atoms with Crippen molar-refractivity contribution in [3.05, 3.63) is 92.5 Å². The summed E-state index contributed by atoms with van der Waals surface area (Å²) < 4.78 is 8.51. The molecule has 0 unspecified atom stereocenters. The lowest BCUT2D eigenvalue weighted by atomic mass is 10.1. The van der Waals surface area contributed by atoms with Crippen molar-refractivity contribution in [3.63, 3.8) is 0 Å². The van der Waals surface area contributed by atoms with Crippen molar-refractivity contribution in [1.29, 1.82) is 0 Å². The number of fused-ring (bicyclic) bond motifs is 4. The fourth-order valence-corrected chi connectivity index (χ4v) is 6.01. The van der Waals surface area contributed by atoms with Crippen molar-refractivity contribution in [2.24, 2.45) is 0 Å². The van der Waals surface area contributed by atoms with Gasteiger partial charge in [-0.25, -0.2) is 9.78 Å². The van der Waals surface area contributed by atoms with Gasteiger partial charge in [0.2, 0.25) is 0 Å². The second kappa shape index (κ2) is 7.83. The van der Waals surface area contributed by atoms with E-state index < -0.39 is 0 Å². The number of rotatable bonds is 5. The molecular weight excluding hydrogens is 434 g/mol. The van der Waals surface area contributed by atoms with Crippen LogP contribution in [-0.2, 0) is 26.2 Å². The molecule has 0 radical (unpaired) electrons. The summed E-state index contributed by atoms with van der Waals surface area (Å²) in [7, 11) is 1.65. The molecule has 7 nitrogen and oxygen atoms in total. The molecule has 0 amide bonds. The van der Waals surface area contributed by atoms with Gasteiger partial charge in [-0.1, -0.05) is 36.4 Å². The number of benzene rings is 2. The zero-order chi connectivity index (χ0) is 22.5. The van der Waals surface area contributed by atoms with Gasteiger partial charge in [-0.2, -0.15) is 9.61 Å². The molecule has 4 heterocycles. The Labute approximate surface area is 194 Å². The molecule has 0 saturated carbocycles. The van der Waals surface area contributed by atoms with E-state index in [1.54, 1.807) is 18.4 Å². The highest BCUT2D eigenvalue weighted by Gasteiger charge is 2.23. The predicted molar refractivity (Wildman–Crippen MR) is 129 cm³/mol. The van der Waals surface area contributed by atoms with Crippen LogP contribution >= 0.6 is 11.3 Å². The fraction of sp³-hybridized carbons (Fsp3) is 0.240. The van der Waals surface area contributed by atoms with Crippen LogP contribution in [0.4, 0.5) is 0 Å². The topological polar surface area (TPSA) is 64.7 Å². The molecular formula is C25H23N5O2S. The maximum atomic E-state index is 13.3. The Balaban J connectivity index is 1.43. The zero-order valence-electron chi connectivity index (χ0n) is 18.5. The van der Waals surface area contributed by atoms with Gasteiger partial charge in [-0.3, -0.25) is 9.47 Å². The Kier molecular flexibility index (Phi) is 4.78. The number of hydrogen-bond donors (Lipinski definition) is 0. The van der Waals surface area contributed by atoms with Crippen molar-refractivity contribution < 1.29 is 4.74 Å². The van der Waals surface area contributed by atoms with Gasteiger partial charge in [0, 0.05) is 24.5 Å². The van der Waals surface area contributed by atoms with E-state index in [1.165, 1.54) is 32.4 Å². The lowest BCUT2D eigenvalue weighted by Gasteiger charge is -2.14. The first-order chi connectivity index (χ1) is 16.1. The summed E-state index contributed by atoms with van der Waals surface area (Å²) in [5.74, 6) is 0.795. The molecule has 0 saturated heterocycles. The van der Waals surface area contributed by atoms with Crippen LogP contribution in [0.2, 0.25) is 0 Å². The quantitative estimate of drug-likeness (QED) is 0.399. The normalized spacial score (nSPS) is 13.8. The molecule has 0 spiro atoms. The molecule has 6 rings (SSSR count). The van der Waals surface area contributed by atoms with Gasteiger partial charge in [0.25, 0.3) is 0 Å². The largest absolute Gasteiger partial charge is 0.497 e. The van der Waals surface area contributed by atoms with E-state index in [2.05, 4.69) is 46.2 Å². The first kappa shape index (κ1) is 20.1. The van der Waals surface area contributed by atoms with Crippen LogP contribution in [0.25, 0.3) is 15.9 Å². The number of nitrogens with zero attached hydrogens (tertiary/aromatic N) is 5. The van der Waals surface area contributed by atoms with Crippen LogP contribution in [0.15, 0.2) is 59.7 Å². The standard InChI is InChI=1S/C25H23N5O2S/c1-16-21(14-28-12-18-5-3-4-6-19(18)13-28)33-24-22(16)23-26-15-27-30(23)25(31)29(24)11-17-7-9-20(32-2)10-8-17/h3-10,15H,11-14H2,1-2H3. The monoisotopic (exact) mass is 457 g/mol. The molecule has 5 aromatic rings. The third-order valence-corrected chi connectivity index (χ3v) is 7.73. The maximum absolute atomic E-state index is 13.3. The number of methoxy groups -OCH3 is 1. The first-order valence-corrected chi connectivity index (χ1v) is 11.7. The summed E-state index contributed by atoms with van der Waals surface area (Å²) in [6.07, 6.45) is 1.46. The van der Waals surface area contributed by atoms with Crippen LogP contribution in [0, 0.1) is 6.92 Å². The third-order valence-electron chi connectivity index (χ3n) is 6.43. The van der Waals surface area contributed by atoms with Gasteiger partial charge in [0.05, 0.1) is 19.0 Å². The average Bonchev–Trinajstić information content (AvgIpc) is 3.54. The van der Waals surface area contributed by atoms with E-state index in [1.807, 2.05) is 28.8 Å². The molecule has 8 heteroatoms. The molecule has 33 heavy (non-hydrogen) atoms. The molecule has 0 bridgehead atoms. The number of hydrogen-bond acceptors (Lipinski definition) is 6.